The summed E-state index contributed by atoms with van der Waals surface area (Å²) in [6.45, 7) is 7.16. The molecule has 0 spiro atoms. The van der Waals surface area contributed by atoms with Gasteiger partial charge in [0.25, 0.3) is 0 Å². The smallest absolute Gasteiger partial charge is 0.123 e. The van der Waals surface area contributed by atoms with E-state index in [1.807, 2.05) is 6.07 Å². The zero-order chi connectivity index (χ0) is 13.9. The van der Waals surface area contributed by atoms with E-state index in [4.69, 9.17) is 4.98 Å². The number of halogens is 1. The number of piperazine rings is 1. The van der Waals surface area contributed by atoms with Crippen LogP contribution < -0.4 is 5.32 Å². The van der Waals surface area contributed by atoms with Crippen LogP contribution in [0.2, 0.25) is 0 Å². The van der Waals surface area contributed by atoms with Crippen LogP contribution in [0.1, 0.15) is 9.88 Å². The molecule has 106 valence electrons. The summed E-state index contributed by atoms with van der Waals surface area (Å²) in [4.78, 5) is 8.27. The normalized spacial score (nSPS) is 16.5. The Balaban J connectivity index is 1.80. The molecule has 1 N–H and O–H groups in total. The highest BCUT2D eigenvalue weighted by Gasteiger charge is 2.15. The lowest BCUT2D eigenvalue weighted by Gasteiger charge is -2.26. The van der Waals surface area contributed by atoms with Crippen LogP contribution in [0, 0.1) is 12.7 Å². The van der Waals surface area contributed by atoms with Gasteiger partial charge in [-0.2, -0.15) is 0 Å². The molecule has 1 aromatic heterocycles. The van der Waals surface area contributed by atoms with Crippen molar-refractivity contribution in [2.45, 2.75) is 13.5 Å². The minimum atomic E-state index is -0.210. The number of aromatic nitrogens is 1. The second-order valence-electron chi connectivity index (χ2n) is 5.05. The monoisotopic (exact) mass is 291 g/mol. The summed E-state index contributed by atoms with van der Waals surface area (Å²) in [5, 5.41) is 4.46. The van der Waals surface area contributed by atoms with Gasteiger partial charge in [0.15, 0.2) is 0 Å². The van der Waals surface area contributed by atoms with Gasteiger partial charge in [-0.15, -0.1) is 11.3 Å². The molecule has 1 saturated heterocycles. The maximum absolute atomic E-state index is 13.3. The van der Waals surface area contributed by atoms with E-state index in [0.29, 0.717) is 0 Å². The van der Waals surface area contributed by atoms with Gasteiger partial charge in [0.2, 0.25) is 0 Å². The van der Waals surface area contributed by atoms with Crippen LogP contribution in [-0.2, 0) is 6.54 Å². The summed E-state index contributed by atoms with van der Waals surface area (Å²) in [6, 6.07) is 6.67. The number of hydrogen-bond donors (Lipinski definition) is 1. The molecule has 1 aliphatic rings. The van der Waals surface area contributed by atoms with Gasteiger partial charge in [-0.1, -0.05) is 12.1 Å². The summed E-state index contributed by atoms with van der Waals surface area (Å²) in [7, 11) is 0. The molecule has 1 aliphatic heterocycles. The third kappa shape index (κ3) is 3.06. The van der Waals surface area contributed by atoms with Crippen LogP contribution in [0.3, 0.4) is 0 Å². The molecule has 0 bridgehead atoms. The number of hydrogen-bond acceptors (Lipinski definition) is 4. The van der Waals surface area contributed by atoms with Crippen LogP contribution in [0.15, 0.2) is 24.3 Å². The molecule has 0 atom stereocenters. The SMILES string of the molecule is Cc1sc(CN2CCNCC2)nc1-c1cccc(F)c1. The second-order valence-corrected chi connectivity index (χ2v) is 6.34. The van der Waals surface area contributed by atoms with Crippen LogP contribution in [0.5, 0.6) is 0 Å². The third-order valence-corrected chi connectivity index (χ3v) is 4.46. The van der Waals surface area contributed by atoms with Gasteiger partial charge in [-0.05, 0) is 19.1 Å². The highest BCUT2D eigenvalue weighted by Crippen LogP contribution is 2.28. The van der Waals surface area contributed by atoms with Crippen molar-refractivity contribution in [1.29, 1.82) is 0 Å². The lowest BCUT2D eigenvalue weighted by Crippen LogP contribution is -2.42. The van der Waals surface area contributed by atoms with E-state index in [-0.39, 0.29) is 5.82 Å². The molecule has 20 heavy (non-hydrogen) atoms. The molecule has 0 aliphatic carbocycles. The van der Waals surface area contributed by atoms with E-state index in [1.54, 1.807) is 23.5 Å². The minimum Gasteiger partial charge on any atom is -0.314 e. The first-order chi connectivity index (χ1) is 9.72. The van der Waals surface area contributed by atoms with Gasteiger partial charge in [0.1, 0.15) is 10.8 Å². The van der Waals surface area contributed by atoms with E-state index >= 15 is 0 Å². The largest absolute Gasteiger partial charge is 0.314 e. The standard InChI is InChI=1S/C15H18FN3S/c1-11-15(12-3-2-4-13(16)9-12)18-14(20-11)10-19-7-5-17-6-8-19/h2-4,9,17H,5-8,10H2,1H3. The molecule has 0 unspecified atom stereocenters. The second kappa shape index (κ2) is 5.99. The maximum Gasteiger partial charge on any atom is 0.123 e. The Bertz CT molecular complexity index is 591. The Hall–Kier alpha value is -1.30. The van der Waals surface area contributed by atoms with Gasteiger partial charge in [0.05, 0.1) is 12.2 Å². The summed E-state index contributed by atoms with van der Waals surface area (Å²) in [6.07, 6.45) is 0. The van der Waals surface area contributed by atoms with E-state index in [1.165, 1.54) is 6.07 Å². The summed E-state index contributed by atoms with van der Waals surface area (Å²) >= 11 is 1.71. The van der Waals surface area contributed by atoms with Crippen molar-refractivity contribution >= 4 is 11.3 Å². The molecule has 1 fully saturated rings. The Morgan fingerprint density at radius 1 is 1.35 bits per heavy atom. The molecule has 2 heterocycles. The first kappa shape index (κ1) is 13.7. The highest BCUT2D eigenvalue weighted by molar-refractivity contribution is 7.12. The summed E-state index contributed by atoms with van der Waals surface area (Å²) in [5.41, 5.74) is 1.78. The van der Waals surface area contributed by atoms with Gasteiger partial charge < -0.3 is 5.32 Å². The number of thiazole rings is 1. The molecule has 1 aromatic carbocycles. The molecular formula is C15H18FN3S. The number of nitrogens with one attached hydrogen (secondary N) is 1. The van der Waals surface area contributed by atoms with E-state index in [2.05, 4.69) is 17.1 Å². The van der Waals surface area contributed by atoms with Crippen molar-refractivity contribution in [3.05, 3.63) is 40.0 Å². The fraction of sp³-hybridized carbons (Fsp3) is 0.400. The fourth-order valence-corrected chi connectivity index (χ4v) is 3.48. The molecule has 5 heteroatoms. The van der Waals surface area contributed by atoms with Crippen molar-refractivity contribution in [3.8, 4) is 11.3 Å². The van der Waals surface area contributed by atoms with Crippen molar-refractivity contribution in [3.63, 3.8) is 0 Å². The number of aryl methyl sites for hydroxylation is 1. The van der Waals surface area contributed by atoms with Crippen LogP contribution >= 0.6 is 11.3 Å². The molecular weight excluding hydrogens is 273 g/mol. The summed E-state index contributed by atoms with van der Waals surface area (Å²) < 4.78 is 13.3. The van der Waals surface area contributed by atoms with Crippen molar-refractivity contribution < 1.29 is 4.39 Å². The average molecular weight is 291 g/mol. The van der Waals surface area contributed by atoms with Crippen LogP contribution in [0.25, 0.3) is 11.3 Å². The minimum absolute atomic E-state index is 0.210. The predicted molar refractivity (Wildman–Crippen MR) is 80.4 cm³/mol. The van der Waals surface area contributed by atoms with E-state index in [9.17, 15) is 4.39 Å². The Morgan fingerprint density at radius 3 is 2.90 bits per heavy atom. The zero-order valence-electron chi connectivity index (χ0n) is 11.5. The Labute approximate surface area is 122 Å². The van der Waals surface area contributed by atoms with E-state index < -0.39 is 0 Å². The first-order valence-corrected chi connectivity index (χ1v) is 7.69. The molecule has 2 aromatic rings. The maximum atomic E-state index is 13.3. The van der Waals surface area contributed by atoms with E-state index in [0.717, 1.165) is 53.9 Å². The van der Waals surface area contributed by atoms with Gasteiger partial charge in [-0.3, -0.25) is 4.90 Å². The number of nitrogens with zero attached hydrogens (tertiary/aromatic N) is 2. The van der Waals surface area contributed by atoms with Crippen LogP contribution in [-0.4, -0.2) is 36.1 Å². The number of rotatable bonds is 3. The highest BCUT2D eigenvalue weighted by atomic mass is 32.1. The molecule has 0 saturated carbocycles. The lowest BCUT2D eigenvalue weighted by molar-refractivity contribution is 0.233. The molecule has 0 radical (unpaired) electrons. The van der Waals surface area contributed by atoms with Crippen LogP contribution in [0.4, 0.5) is 4.39 Å². The molecule has 3 nitrogen and oxygen atoms in total. The van der Waals surface area contributed by atoms with Crippen molar-refractivity contribution in [2.24, 2.45) is 0 Å². The van der Waals surface area contributed by atoms with Gasteiger partial charge >= 0.3 is 0 Å². The quantitative estimate of drug-likeness (QED) is 0.942. The summed E-state index contributed by atoms with van der Waals surface area (Å²) in [5.74, 6) is -0.210. The zero-order valence-corrected chi connectivity index (χ0v) is 12.3. The number of benzene rings is 1. The predicted octanol–water partition coefficient (Wildman–Crippen LogP) is 2.66. The topological polar surface area (TPSA) is 28.2 Å². The first-order valence-electron chi connectivity index (χ1n) is 6.88. The van der Waals surface area contributed by atoms with Crippen molar-refractivity contribution in [2.75, 3.05) is 26.2 Å². The Kier molecular flexibility index (Phi) is 4.10. The van der Waals surface area contributed by atoms with Gasteiger partial charge in [0, 0.05) is 36.6 Å². The third-order valence-electron chi connectivity index (χ3n) is 3.51. The lowest BCUT2D eigenvalue weighted by atomic mass is 10.1. The fourth-order valence-electron chi connectivity index (χ4n) is 2.48. The molecule has 3 rings (SSSR count). The van der Waals surface area contributed by atoms with Crippen molar-refractivity contribution in [1.82, 2.24) is 15.2 Å². The Morgan fingerprint density at radius 2 is 2.15 bits per heavy atom. The van der Waals surface area contributed by atoms with Gasteiger partial charge in [-0.25, -0.2) is 9.37 Å². The molecule has 0 amide bonds. The average Bonchev–Trinajstić information content (AvgIpc) is 2.81.